The molecule has 0 aliphatic heterocycles. The summed E-state index contributed by atoms with van der Waals surface area (Å²) in [7, 11) is 0. The topological polar surface area (TPSA) is 72.5 Å². The molecule has 0 amide bonds. The molecule has 1 atom stereocenters. The molecule has 1 aliphatic carbocycles. The zero-order valence-electron chi connectivity index (χ0n) is 5.62. The van der Waals surface area contributed by atoms with E-state index in [0.29, 0.717) is 0 Å². The Morgan fingerprint density at radius 2 is 2.40 bits per heavy atom. The summed E-state index contributed by atoms with van der Waals surface area (Å²) < 4.78 is 5.07. The molecular formula is C6H11NO3. The summed E-state index contributed by atoms with van der Waals surface area (Å²) in [5, 5.41) is 8.31. The Morgan fingerprint density at radius 1 is 1.80 bits per heavy atom. The average Bonchev–Trinajstić information content (AvgIpc) is 2.64. The van der Waals surface area contributed by atoms with Crippen molar-refractivity contribution in [2.45, 2.75) is 25.0 Å². The summed E-state index contributed by atoms with van der Waals surface area (Å²) in [5.74, 6) is -0.999. The molecule has 0 aromatic carbocycles. The number of carboxylic acids is 1. The summed E-state index contributed by atoms with van der Waals surface area (Å²) >= 11 is 0. The SMILES string of the molecule is N[C@@H](COC1CC1)C(=O)O. The summed E-state index contributed by atoms with van der Waals surface area (Å²) in [4.78, 5) is 10.1. The molecule has 4 heteroatoms. The number of aliphatic carboxylic acids is 1. The van der Waals surface area contributed by atoms with Crippen LogP contribution < -0.4 is 5.73 Å². The van der Waals surface area contributed by atoms with Gasteiger partial charge in [-0.2, -0.15) is 0 Å². The van der Waals surface area contributed by atoms with Gasteiger partial charge in [0.1, 0.15) is 6.04 Å². The smallest absolute Gasteiger partial charge is 0.322 e. The van der Waals surface area contributed by atoms with Crippen LogP contribution in [0.5, 0.6) is 0 Å². The van der Waals surface area contributed by atoms with Crippen molar-refractivity contribution >= 4 is 5.97 Å². The van der Waals surface area contributed by atoms with Crippen LogP contribution >= 0.6 is 0 Å². The van der Waals surface area contributed by atoms with Crippen LogP contribution in [0.3, 0.4) is 0 Å². The van der Waals surface area contributed by atoms with Crippen LogP contribution in [0.1, 0.15) is 12.8 Å². The summed E-state index contributed by atoms with van der Waals surface area (Å²) in [6.07, 6.45) is 2.38. The van der Waals surface area contributed by atoms with Gasteiger partial charge < -0.3 is 15.6 Å². The zero-order valence-corrected chi connectivity index (χ0v) is 5.62. The second kappa shape index (κ2) is 2.98. The van der Waals surface area contributed by atoms with E-state index in [4.69, 9.17) is 15.6 Å². The fourth-order valence-corrected chi connectivity index (χ4v) is 0.546. The van der Waals surface area contributed by atoms with E-state index in [-0.39, 0.29) is 12.7 Å². The van der Waals surface area contributed by atoms with Crippen LogP contribution in [0.2, 0.25) is 0 Å². The second-order valence-corrected chi connectivity index (χ2v) is 2.48. The first-order chi connectivity index (χ1) is 4.70. The van der Waals surface area contributed by atoms with Gasteiger partial charge in [0.05, 0.1) is 12.7 Å². The number of hydrogen-bond donors (Lipinski definition) is 2. The van der Waals surface area contributed by atoms with E-state index in [0.717, 1.165) is 12.8 Å². The van der Waals surface area contributed by atoms with Gasteiger partial charge in [0.2, 0.25) is 0 Å². The molecule has 0 saturated heterocycles. The van der Waals surface area contributed by atoms with E-state index in [1.807, 2.05) is 0 Å². The highest BCUT2D eigenvalue weighted by Gasteiger charge is 2.24. The van der Waals surface area contributed by atoms with E-state index in [9.17, 15) is 4.79 Å². The molecule has 1 fully saturated rings. The van der Waals surface area contributed by atoms with Crippen LogP contribution in [-0.2, 0) is 9.53 Å². The molecule has 0 bridgehead atoms. The molecule has 0 radical (unpaired) electrons. The molecule has 4 nitrogen and oxygen atoms in total. The molecule has 0 unspecified atom stereocenters. The van der Waals surface area contributed by atoms with Crippen LogP contribution in [0.25, 0.3) is 0 Å². The quantitative estimate of drug-likeness (QED) is 0.563. The van der Waals surface area contributed by atoms with Gasteiger partial charge in [0.25, 0.3) is 0 Å². The number of hydrogen-bond acceptors (Lipinski definition) is 3. The number of carboxylic acid groups (broad SMARTS) is 1. The Kier molecular flexibility index (Phi) is 2.24. The standard InChI is InChI=1S/C6H11NO3/c7-5(6(8)9)3-10-4-1-2-4/h4-5H,1-3,7H2,(H,8,9)/t5-/m0/s1. The van der Waals surface area contributed by atoms with Crippen molar-refractivity contribution in [2.75, 3.05) is 6.61 Å². The summed E-state index contributed by atoms with van der Waals surface area (Å²) in [6, 6.07) is -0.861. The molecule has 0 heterocycles. The van der Waals surface area contributed by atoms with Crippen molar-refractivity contribution < 1.29 is 14.6 Å². The van der Waals surface area contributed by atoms with Crippen molar-refractivity contribution in [3.05, 3.63) is 0 Å². The van der Waals surface area contributed by atoms with Crippen molar-refractivity contribution in [1.29, 1.82) is 0 Å². The first-order valence-corrected chi connectivity index (χ1v) is 3.30. The maximum Gasteiger partial charge on any atom is 0.322 e. The third-order valence-corrected chi connectivity index (χ3v) is 1.35. The lowest BCUT2D eigenvalue weighted by atomic mass is 10.3. The molecule has 1 aliphatic rings. The predicted octanol–water partition coefficient (Wildman–Crippen LogP) is -0.423. The van der Waals surface area contributed by atoms with Crippen LogP contribution in [0.15, 0.2) is 0 Å². The van der Waals surface area contributed by atoms with E-state index in [2.05, 4.69) is 0 Å². The monoisotopic (exact) mass is 145 g/mol. The third kappa shape index (κ3) is 2.33. The Morgan fingerprint density at radius 3 is 2.80 bits per heavy atom. The Hall–Kier alpha value is -0.610. The molecular weight excluding hydrogens is 134 g/mol. The van der Waals surface area contributed by atoms with Gasteiger partial charge >= 0.3 is 5.97 Å². The Balaban J connectivity index is 2.05. The summed E-state index contributed by atoms with van der Waals surface area (Å²) in [5.41, 5.74) is 5.17. The van der Waals surface area contributed by atoms with Gasteiger partial charge in [0.15, 0.2) is 0 Å². The summed E-state index contributed by atoms with van der Waals surface area (Å²) in [6.45, 7) is 0.139. The first-order valence-electron chi connectivity index (χ1n) is 3.30. The maximum absolute atomic E-state index is 10.1. The molecule has 58 valence electrons. The number of nitrogens with two attached hydrogens (primary N) is 1. The minimum Gasteiger partial charge on any atom is -0.480 e. The molecule has 1 saturated carbocycles. The zero-order chi connectivity index (χ0) is 7.56. The van der Waals surface area contributed by atoms with Gasteiger partial charge in [-0.25, -0.2) is 0 Å². The maximum atomic E-state index is 10.1. The Labute approximate surface area is 59.0 Å². The van der Waals surface area contributed by atoms with Crippen LogP contribution in [0, 0.1) is 0 Å². The average molecular weight is 145 g/mol. The normalized spacial score (nSPS) is 20.5. The second-order valence-electron chi connectivity index (χ2n) is 2.48. The van der Waals surface area contributed by atoms with Gasteiger partial charge in [-0.1, -0.05) is 0 Å². The van der Waals surface area contributed by atoms with E-state index in [1.165, 1.54) is 0 Å². The van der Waals surface area contributed by atoms with Gasteiger partial charge in [-0.05, 0) is 12.8 Å². The molecule has 0 aromatic heterocycles. The highest BCUT2D eigenvalue weighted by atomic mass is 16.5. The minimum atomic E-state index is -0.999. The van der Waals surface area contributed by atoms with Gasteiger partial charge in [0, 0.05) is 0 Å². The van der Waals surface area contributed by atoms with E-state index >= 15 is 0 Å². The van der Waals surface area contributed by atoms with E-state index < -0.39 is 12.0 Å². The van der Waals surface area contributed by atoms with E-state index in [1.54, 1.807) is 0 Å². The largest absolute Gasteiger partial charge is 0.480 e. The molecule has 3 N–H and O–H groups in total. The molecule has 1 rings (SSSR count). The van der Waals surface area contributed by atoms with Crippen LogP contribution in [-0.4, -0.2) is 29.8 Å². The lowest BCUT2D eigenvalue weighted by Crippen LogP contribution is -2.35. The lowest BCUT2D eigenvalue weighted by molar-refractivity contribution is -0.140. The van der Waals surface area contributed by atoms with Crippen molar-refractivity contribution in [3.63, 3.8) is 0 Å². The number of carbonyl (C=O) groups is 1. The number of ether oxygens (including phenoxy) is 1. The molecule has 0 aromatic rings. The highest BCUT2D eigenvalue weighted by Crippen LogP contribution is 2.23. The van der Waals surface area contributed by atoms with Crippen molar-refractivity contribution in [1.82, 2.24) is 0 Å². The van der Waals surface area contributed by atoms with Crippen LogP contribution in [0.4, 0.5) is 0 Å². The highest BCUT2D eigenvalue weighted by molar-refractivity contribution is 5.73. The van der Waals surface area contributed by atoms with Gasteiger partial charge in [-0.3, -0.25) is 4.79 Å². The Bertz CT molecular complexity index is 133. The van der Waals surface area contributed by atoms with Gasteiger partial charge in [-0.15, -0.1) is 0 Å². The predicted molar refractivity (Wildman–Crippen MR) is 34.6 cm³/mol. The fraction of sp³-hybridized carbons (Fsp3) is 0.833. The molecule has 0 spiro atoms. The fourth-order valence-electron chi connectivity index (χ4n) is 0.546. The minimum absolute atomic E-state index is 0.139. The number of rotatable bonds is 4. The lowest BCUT2D eigenvalue weighted by Gasteiger charge is -2.05. The van der Waals surface area contributed by atoms with Crippen molar-refractivity contribution in [2.24, 2.45) is 5.73 Å². The third-order valence-electron chi connectivity index (χ3n) is 1.35. The van der Waals surface area contributed by atoms with Crippen molar-refractivity contribution in [3.8, 4) is 0 Å². The first kappa shape index (κ1) is 7.50. The molecule has 10 heavy (non-hydrogen) atoms.